The summed E-state index contributed by atoms with van der Waals surface area (Å²) in [6.45, 7) is 4.12. The van der Waals surface area contributed by atoms with Gasteiger partial charge in [-0.1, -0.05) is 44.1 Å². The Morgan fingerprint density at radius 3 is 2.38 bits per heavy atom. The highest BCUT2D eigenvalue weighted by Crippen LogP contribution is 2.47. The largest absolute Gasteiger partial charge is 0.469 e. The van der Waals surface area contributed by atoms with Gasteiger partial charge in [0.2, 0.25) is 0 Å². The minimum absolute atomic E-state index is 0.0217. The Morgan fingerprint density at radius 1 is 1.03 bits per heavy atom. The van der Waals surface area contributed by atoms with E-state index in [0.29, 0.717) is 25.7 Å². The Hall–Kier alpha value is -2.95. The fourth-order valence-electron chi connectivity index (χ4n) is 5.08. The molecule has 1 rings (SSSR count). The zero-order chi connectivity index (χ0) is 27.6. The second kappa shape index (κ2) is 18.3. The number of ether oxygens (including phenoxy) is 3. The number of nitrogens with zero attached hydrogens (tertiary/aromatic N) is 1. The van der Waals surface area contributed by atoms with E-state index >= 15 is 0 Å². The summed E-state index contributed by atoms with van der Waals surface area (Å²) in [7, 11) is 2.59. The number of methoxy groups -OCH3 is 2. The Morgan fingerprint density at radius 2 is 1.76 bits per heavy atom. The lowest BCUT2D eigenvalue weighted by Gasteiger charge is -2.31. The van der Waals surface area contributed by atoms with Crippen LogP contribution in [0.4, 0.5) is 0 Å². The summed E-state index contributed by atoms with van der Waals surface area (Å²) in [6.07, 6.45) is 14.1. The SMILES string of the molecule is CCCCC/C=C/[C@H](CC(=O)OCC)C1[C@H](C(C#N)C(=O)OC)CC(=O)[C@@H]1C/C=C\CCCC(=O)OC. The molecule has 1 aliphatic carbocycles. The molecule has 2 unspecified atom stereocenters. The van der Waals surface area contributed by atoms with Crippen LogP contribution in [0, 0.1) is 40.9 Å². The van der Waals surface area contributed by atoms with Crippen molar-refractivity contribution in [3.05, 3.63) is 24.3 Å². The molecule has 0 bridgehead atoms. The van der Waals surface area contributed by atoms with Gasteiger partial charge in [0.15, 0.2) is 0 Å². The Labute approximate surface area is 221 Å². The van der Waals surface area contributed by atoms with Gasteiger partial charge in [0.1, 0.15) is 11.7 Å². The van der Waals surface area contributed by atoms with Crippen LogP contribution in [0.3, 0.4) is 0 Å². The van der Waals surface area contributed by atoms with Crippen LogP contribution in [0.25, 0.3) is 0 Å². The summed E-state index contributed by atoms with van der Waals surface area (Å²) in [5, 5.41) is 9.81. The van der Waals surface area contributed by atoms with Crippen molar-refractivity contribution in [3.8, 4) is 6.07 Å². The lowest BCUT2D eigenvalue weighted by Crippen LogP contribution is -2.33. The van der Waals surface area contributed by atoms with Gasteiger partial charge in [-0.05, 0) is 56.8 Å². The van der Waals surface area contributed by atoms with Crippen molar-refractivity contribution >= 4 is 23.7 Å². The van der Waals surface area contributed by atoms with Gasteiger partial charge in [-0.2, -0.15) is 5.26 Å². The highest BCUT2D eigenvalue weighted by Gasteiger charge is 2.50. The molecule has 0 aromatic carbocycles. The number of allylic oxidation sites excluding steroid dienone is 4. The fraction of sp³-hybridized carbons (Fsp3) is 0.690. The molecule has 0 heterocycles. The topological polar surface area (TPSA) is 120 Å². The lowest BCUT2D eigenvalue weighted by atomic mass is 9.71. The quantitative estimate of drug-likeness (QED) is 0.113. The number of rotatable bonds is 17. The zero-order valence-corrected chi connectivity index (χ0v) is 22.8. The molecule has 1 aliphatic rings. The molecule has 1 fully saturated rings. The third-order valence-corrected chi connectivity index (χ3v) is 6.93. The van der Waals surface area contributed by atoms with E-state index in [-0.39, 0.29) is 49.0 Å². The van der Waals surface area contributed by atoms with Gasteiger partial charge in [0, 0.05) is 18.8 Å². The maximum absolute atomic E-state index is 13.2. The number of carbonyl (C=O) groups is 4. The first-order valence-corrected chi connectivity index (χ1v) is 13.4. The van der Waals surface area contributed by atoms with E-state index in [0.717, 1.165) is 25.7 Å². The number of Topliss-reactive ketones (excluding diaryl/α,β-unsaturated/α-hetero) is 1. The maximum Gasteiger partial charge on any atom is 0.323 e. The Balaban J connectivity index is 3.23. The Kier molecular flexibility index (Phi) is 15.9. The van der Waals surface area contributed by atoms with Crippen LogP contribution in [0.1, 0.15) is 78.1 Å². The summed E-state index contributed by atoms with van der Waals surface area (Å²) in [5.74, 6) is -4.14. The molecule has 206 valence electrons. The summed E-state index contributed by atoms with van der Waals surface area (Å²) in [6, 6.07) is 2.05. The smallest absolute Gasteiger partial charge is 0.323 e. The van der Waals surface area contributed by atoms with Crippen molar-refractivity contribution in [2.24, 2.45) is 29.6 Å². The van der Waals surface area contributed by atoms with Crippen LogP contribution in [-0.2, 0) is 33.4 Å². The van der Waals surface area contributed by atoms with E-state index in [1.807, 2.05) is 24.3 Å². The number of carbonyl (C=O) groups excluding carboxylic acids is 4. The highest BCUT2D eigenvalue weighted by molar-refractivity contribution is 5.86. The number of hydrogen-bond acceptors (Lipinski definition) is 8. The van der Waals surface area contributed by atoms with Crippen LogP contribution in [0.2, 0.25) is 0 Å². The normalized spacial score (nSPS) is 21.1. The van der Waals surface area contributed by atoms with Crippen LogP contribution in [-0.4, -0.2) is 44.5 Å². The fourth-order valence-corrected chi connectivity index (χ4v) is 5.08. The maximum atomic E-state index is 13.2. The molecule has 0 amide bonds. The van der Waals surface area contributed by atoms with Gasteiger partial charge in [0.25, 0.3) is 0 Å². The van der Waals surface area contributed by atoms with E-state index in [1.165, 1.54) is 14.2 Å². The predicted octanol–water partition coefficient (Wildman–Crippen LogP) is 5.12. The van der Waals surface area contributed by atoms with Gasteiger partial charge < -0.3 is 14.2 Å². The molecule has 8 heteroatoms. The number of unbranched alkanes of at least 4 members (excludes halogenated alkanes) is 4. The monoisotopic (exact) mass is 517 g/mol. The number of hydrogen-bond donors (Lipinski definition) is 0. The summed E-state index contributed by atoms with van der Waals surface area (Å²) < 4.78 is 14.7. The third-order valence-electron chi connectivity index (χ3n) is 6.93. The van der Waals surface area contributed by atoms with Crippen molar-refractivity contribution in [2.45, 2.75) is 78.1 Å². The molecule has 1 saturated carbocycles. The number of nitriles is 1. The number of ketones is 1. The van der Waals surface area contributed by atoms with Gasteiger partial charge in [-0.15, -0.1) is 0 Å². The standard InChI is InChI=1S/C29H43NO7/c1-5-7-8-9-12-15-21(18-27(33)37-6-2)28-22(16-13-10-11-14-17-26(32)35-3)25(31)19-23(28)24(20-30)29(34)36-4/h10,12-13,15,21-24,28H,5-9,11,14,16-19H2,1-4H3/b13-10-,15-12+/t21-,22+,23+,24?,28?/m1/s1. The van der Waals surface area contributed by atoms with Gasteiger partial charge in [-0.25, -0.2) is 0 Å². The molecular weight excluding hydrogens is 474 g/mol. The second-order valence-electron chi connectivity index (χ2n) is 9.42. The highest BCUT2D eigenvalue weighted by atomic mass is 16.5. The van der Waals surface area contributed by atoms with Crippen molar-refractivity contribution in [2.75, 3.05) is 20.8 Å². The Bertz CT molecular complexity index is 842. The van der Waals surface area contributed by atoms with Crippen LogP contribution in [0.5, 0.6) is 0 Å². The number of esters is 3. The van der Waals surface area contributed by atoms with Gasteiger partial charge in [0.05, 0.1) is 33.3 Å². The first-order chi connectivity index (χ1) is 17.8. The molecule has 0 aromatic rings. The summed E-state index contributed by atoms with van der Waals surface area (Å²) in [5.41, 5.74) is 0. The van der Waals surface area contributed by atoms with Gasteiger partial charge >= 0.3 is 17.9 Å². The summed E-state index contributed by atoms with van der Waals surface area (Å²) in [4.78, 5) is 49.5. The molecule has 0 aromatic heterocycles. The average molecular weight is 518 g/mol. The molecule has 0 aliphatic heterocycles. The van der Waals surface area contributed by atoms with Crippen molar-refractivity contribution in [1.29, 1.82) is 5.26 Å². The molecule has 0 saturated heterocycles. The van der Waals surface area contributed by atoms with Crippen LogP contribution < -0.4 is 0 Å². The average Bonchev–Trinajstić information content (AvgIpc) is 3.20. The molecule has 0 N–H and O–H groups in total. The van der Waals surface area contributed by atoms with E-state index < -0.39 is 23.7 Å². The van der Waals surface area contributed by atoms with Gasteiger partial charge in [-0.3, -0.25) is 19.2 Å². The van der Waals surface area contributed by atoms with Crippen molar-refractivity contribution in [1.82, 2.24) is 0 Å². The second-order valence-corrected chi connectivity index (χ2v) is 9.42. The first kappa shape index (κ1) is 32.1. The molecule has 0 radical (unpaired) electrons. The van der Waals surface area contributed by atoms with E-state index in [1.54, 1.807) is 6.92 Å². The molecular formula is C29H43NO7. The first-order valence-electron chi connectivity index (χ1n) is 13.4. The van der Waals surface area contributed by atoms with E-state index in [9.17, 15) is 24.4 Å². The molecule has 37 heavy (non-hydrogen) atoms. The third kappa shape index (κ3) is 10.9. The molecule has 5 atom stereocenters. The van der Waals surface area contributed by atoms with E-state index in [2.05, 4.69) is 17.7 Å². The minimum atomic E-state index is -1.09. The van der Waals surface area contributed by atoms with Crippen molar-refractivity contribution < 1.29 is 33.4 Å². The zero-order valence-electron chi connectivity index (χ0n) is 22.8. The van der Waals surface area contributed by atoms with Crippen LogP contribution in [0.15, 0.2) is 24.3 Å². The molecule has 8 nitrogen and oxygen atoms in total. The lowest BCUT2D eigenvalue weighted by molar-refractivity contribution is -0.146. The predicted molar refractivity (Wildman–Crippen MR) is 139 cm³/mol. The van der Waals surface area contributed by atoms with Crippen LogP contribution >= 0.6 is 0 Å². The summed E-state index contributed by atoms with van der Waals surface area (Å²) >= 11 is 0. The molecule has 0 spiro atoms. The van der Waals surface area contributed by atoms with Crippen molar-refractivity contribution in [3.63, 3.8) is 0 Å². The van der Waals surface area contributed by atoms with E-state index in [4.69, 9.17) is 9.47 Å². The minimum Gasteiger partial charge on any atom is -0.469 e.